The molecule has 3 amide bonds. The number of carbonyl (C=O) groups is 3. The highest BCUT2D eigenvalue weighted by atomic mass is 16.2. The lowest BCUT2D eigenvalue weighted by Gasteiger charge is -2.34. The minimum atomic E-state index is -0.259. The van der Waals surface area contributed by atoms with Crippen LogP contribution in [-0.4, -0.2) is 77.7 Å². The normalized spacial score (nSPS) is 19.1. The zero-order valence-electron chi connectivity index (χ0n) is 28.2. The largest absolute Gasteiger partial charge is 0.349 e. The zero-order valence-corrected chi connectivity index (χ0v) is 28.2. The van der Waals surface area contributed by atoms with Crippen LogP contribution in [0.3, 0.4) is 0 Å². The standard InChI is InChI=1S/C40H47N5O3/c1-29-8-11-35(40(48)42-37-18-20-43(21-19-37)27-31-6-4-3-5-7-31)26-38(29)33-12-14-34(15-13-33)39(47)41-36-16-9-32(10-17-36)28-44-22-24-45(25-23-44)30(2)46/h3-14,16-17,26,34,37H,15,18-25,27-28H2,1-2H3,(H,41,47)(H,42,48). The van der Waals surface area contributed by atoms with Gasteiger partial charge in [-0.15, -0.1) is 0 Å². The molecule has 6 rings (SSSR count). The number of nitrogens with one attached hydrogen (secondary N) is 2. The van der Waals surface area contributed by atoms with E-state index in [2.05, 4.69) is 69.8 Å². The Kier molecular flexibility index (Phi) is 10.8. The number of amides is 3. The van der Waals surface area contributed by atoms with Crippen LogP contribution >= 0.6 is 0 Å². The number of nitrogens with zero attached hydrogens (tertiary/aromatic N) is 3. The van der Waals surface area contributed by atoms with Crippen LogP contribution in [0.1, 0.15) is 58.8 Å². The highest BCUT2D eigenvalue weighted by Crippen LogP contribution is 2.28. The fraction of sp³-hybridized carbons (Fsp3) is 0.375. The number of aryl methyl sites for hydroxylation is 1. The SMILES string of the molecule is CC(=O)N1CCN(Cc2ccc(NC(=O)C3C=CC(c4cc(C(=O)NC5CCN(Cc6ccccc6)CC5)ccc4C)=CC3)cc2)CC1. The van der Waals surface area contributed by atoms with Gasteiger partial charge in [0, 0.05) is 76.6 Å². The molecule has 1 aliphatic carbocycles. The molecule has 8 heteroatoms. The maximum atomic E-state index is 13.3. The van der Waals surface area contributed by atoms with Crippen LogP contribution in [0.2, 0.25) is 0 Å². The Labute approximate surface area is 284 Å². The Morgan fingerprint density at radius 3 is 2.10 bits per heavy atom. The Bertz CT molecular complexity index is 1650. The van der Waals surface area contributed by atoms with E-state index in [0.29, 0.717) is 12.0 Å². The molecule has 48 heavy (non-hydrogen) atoms. The Morgan fingerprint density at radius 1 is 0.792 bits per heavy atom. The summed E-state index contributed by atoms with van der Waals surface area (Å²) in [6, 6.07) is 24.6. The van der Waals surface area contributed by atoms with Crippen LogP contribution in [0, 0.1) is 12.8 Å². The molecule has 2 heterocycles. The van der Waals surface area contributed by atoms with Crippen LogP contribution < -0.4 is 10.6 Å². The van der Waals surface area contributed by atoms with Gasteiger partial charge >= 0.3 is 0 Å². The molecule has 0 bridgehead atoms. The topological polar surface area (TPSA) is 85.0 Å². The molecule has 2 saturated heterocycles. The smallest absolute Gasteiger partial charge is 0.251 e. The molecule has 2 aliphatic heterocycles. The van der Waals surface area contributed by atoms with E-state index in [0.717, 1.165) is 87.6 Å². The number of hydrogen-bond donors (Lipinski definition) is 2. The first-order chi connectivity index (χ1) is 23.3. The number of piperazine rings is 1. The van der Waals surface area contributed by atoms with Crippen LogP contribution in [-0.2, 0) is 22.7 Å². The van der Waals surface area contributed by atoms with E-state index in [-0.39, 0.29) is 29.7 Å². The van der Waals surface area contributed by atoms with Crippen LogP contribution in [0.25, 0.3) is 5.57 Å². The lowest BCUT2D eigenvalue weighted by molar-refractivity contribution is -0.130. The van der Waals surface area contributed by atoms with E-state index in [1.165, 1.54) is 11.1 Å². The summed E-state index contributed by atoms with van der Waals surface area (Å²) in [7, 11) is 0. The van der Waals surface area contributed by atoms with Crippen molar-refractivity contribution in [3.05, 3.63) is 119 Å². The summed E-state index contributed by atoms with van der Waals surface area (Å²) in [5.74, 6) is -0.184. The average molecular weight is 646 g/mol. The molecular weight excluding hydrogens is 598 g/mol. The van der Waals surface area contributed by atoms with Gasteiger partial charge in [-0.05, 0) is 78.3 Å². The second-order valence-corrected chi connectivity index (χ2v) is 13.4. The van der Waals surface area contributed by atoms with E-state index < -0.39 is 0 Å². The molecule has 0 saturated carbocycles. The minimum Gasteiger partial charge on any atom is -0.349 e. The highest BCUT2D eigenvalue weighted by Gasteiger charge is 2.23. The summed E-state index contributed by atoms with van der Waals surface area (Å²) in [6.45, 7) is 10.7. The molecule has 8 nitrogen and oxygen atoms in total. The van der Waals surface area contributed by atoms with Gasteiger partial charge < -0.3 is 15.5 Å². The van der Waals surface area contributed by atoms with Crippen molar-refractivity contribution < 1.29 is 14.4 Å². The number of carbonyl (C=O) groups excluding carboxylic acids is 3. The summed E-state index contributed by atoms with van der Waals surface area (Å²) in [6.07, 6.45) is 8.56. The van der Waals surface area contributed by atoms with Crippen molar-refractivity contribution in [2.45, 2.75) is 52.2 Å². The van der Waals surface area contributed by atoms with Gasteiger partial charge in [0.1, 0.15) is 0 Å². The first kappa shape index (κ1) is 33.4. The second-order valence-electron chi connectivity index (χ2n) is 13.4. The summed E-state index contributed by atoms with van der Waals surface area (Å²) in [5.41, 5.74) is 7.11. The Balaban J connectivity index is 0.974. The monoisotopic (exact) mass is 645 g/mol. The van der Waals surface area contributed by atoms with Gasteiger partial charge in [-0.3, -0.25) is 24.2 Å². The van der Waals surface area contributed by atoms with Gasteiger partial charge in [-0.1, -0.05) is 66.8 Å². The van der Waals surface area contributed by atoms with Crippen molar-refractivity contribution >= 4 is 29.0 Å². The summed E-state index contributed by atoms with van der Waals surface area (Å²) in [4.78, 5) is 44.7. The molecule has 0 radical (unpaired) electrons. The molecule has 1 unspecified atom stereocenters. The number of benzene rings is 3. The third-order valence-electron chi connectivity index (χ3n) is 9.86. The highest BCUT2D eigenvalue weighted by molar-refractivity contribution is 5.97. The van der Waals surface area contributed by atoms with Crippen molar-refractivity contribution in [3.8, 4) is 0 Å². The minimum absolute atomic E-state index is 0.0306. The number of anilines is 1. The first-order valence-electron chi connectivity index (χ1n) is 17.2. The number of piperidine rings is 1. The molecule has 2 N–H and O–H groups in total. The number of rotatable bonds is 9. The Hall–Kier alpha value is -4.53. The number of hydrogen-bond acceptors (Lipinski definition) is 5. The van der Waals surface area contributed by atoms with Crippen molar-refractivity contribution in [3.63, 3.8) is 0 Å². The van der Waals surface area contributed by atoms with Crippen LogP contribution in [0.15, 0.2) is 91.0 Å². The van der Waals surface area contributed by atoms with Gasteiger partial charge in [0.2, 0.25) is 11.8 Å². The molecule has 0 spiro atoms. The third kappa shape index (κ3) is 8.68. The van der Waals surface area contributed by atoms with Crippen molar-refractivity contribution in [1.82, 2.24) is 20.0 Å². The quantitative estimate of drug-likeness (QED) is 0.314. The molecule has 1 atom stereocenters. The lowest BCUT2D eigenvalue weighted by atomic mass is 9.89. The molecule has 250 valence electrons. The summed E-state index contributed by atoms with van der Waals surface area (Å²) < 4.78 is 0. The van der Waals surface area contributed by atoms with Gasteiger partial charge in [-0.2, -0.15) is 0 Å². The fourth-order valence-electron chi connectivity index (χ4n) is 6.84. The van der Waals surface area contributed by atoms with Crippen molar-refractivity contribution in [1.29, 1.82) is 0 Å². The van der Waals surface area contributed by atoms with E-state index in [9.17, 15) is 14.4 Å². The number of allylic oxidation sites excluding steroid dienone is 3. The molecule has 3 aromatic carbocycles. The van der Waals surface area contributed by atoms with E-state index in [1.807, 2.05) is 53.5 Å². The molecular formula is C40H47N5O3. The van der Waals surface area contributed by atoms with Gasteiger partial charge in [0.05, 0.1) is 5.92 Å². The van der Waals surface area contributed by atoms with E-state index in [1.54, 1.807) is 6.92 Å². The second kappa shape index (κ2) is 15.6. The maximum absolute atomic E-state index is 13.3. The Morgan fingerprint density at radius 2 is 1.46 bits per heavy atom. The van der Waals surface area contributed by atoms with Crippen molar-refractivity contribution in [2.24, 2.45) is 5.92 Å². The van der Waals surface area contributed by atoms with Gasteiger partial charge in [-0.25, -0.2) is 0 Å². The third-order valence-corrected chi connectivity index (χ3v) is 9.86. The lowest BCUT2D eigenvalue weighted by Crippen LogP contribution is -2.47. The maximum Gasteiger partial charge on any atom is 0.251 e. The van der Waals surface area contributed by atoms with Crippen molar-refractivity contribution in [2.75, 3.05) is 44.6 Å². The zero-order chi connectivity index (χ0) is 33.5. The van der Waals surface area contributed by atoms with E-state index in [4.69, 9.17) is 0 Å². The summed E-state index contributed by atoms with van der Waals surface area (Å²) in [5, 5.41) is 6.34. The molecule has 0 aromatic heterocycles. The fourth-order valence-corrected chi connectivity index (χ4v) is 6.84. The van der Waals surface area contributed by atoms with Crippen LogP contribution in [0.4, 0.5) is 5.69 Å². The molecule has 3 aliphatic rings. The first-order valence-corrected chi connectivity index (χ1v) is 17.2. The van der Waals surface area contributed by atoms with Gasteiger partial charge in [0.25, 0.3) is 5.91 Å². The van der Waals surface area contributed by atoms with Gasteiger partial charge in [0.15, 0.2) is 0 Å². The molecule has 2 fully saturated rings. The van der Waals surface area contributed by atoms with Crippen LogP contribution in [0.5, 0.6) is 0 Å². The predicted octanol–water partition coefficient (Wildman–Crippen LogP) is 5.65. The average Bonchev–Trinajstić information content (AvgIpc) is 3.11. The van der Waals surface area contributed by atoms with E-state index >= 15 is 0 Å². The molecule has 3 aromatic rings. The number of likely N-dealkylation sites (tertiary alicyclic amines) is 1. The predicted molar refractivity (Wildman–Crippen MR) is 191 cm³/mol. The summed E-state index contributed by atoms with van der Waals surface area (Å²) >= 11 is 0.